The zero-order valence-electron chi connectivity index (χ0n) is 17.1. The zero-order chi connectivity index (χ0) is 19.8. The first kappa shape index (κ1) is 18.7. The lowest BCUT2D eigenvalue weighted by Crippen LogP contribution is -2.40. The summed E-state index contributed by atoms with van der Waals surface area (Å²) in [6.07, 6.45) is 6.02. The van der Waals surface area contributed by atoms with Crippen LogP contribution in [-0.2, 0) is 4.74 Å². The Balaban J connectivity index is 1.13. The Morgan fingerprint density at radius 2 is 1.59 bits per heavy atom. The minimum Gasteiger partial charge on any atom is -0.449 e. The van der Waals surface area contributed by atoms with Gasteiger partial charge >= 0.3 is 6.09 Å². The minimum atomic E-state index is -0.289. The van der Waals surface area contributed by atoms with Crippen LogP contribution in [0.3, 0.4) is 0 Å². The van der Waals surface area contributed by atoms with E-state index in [-0.39, 0.29) is 12.0 Å². The van der Waals surface area contributed by atoms with Crippen molar-refractivity contribution in [2.75, 3.05) is 20.2 Å². The van der Waals surface area contributed by atoms with Gasteiger partial charge in [-0.2, -0.15) is 0 Å². The van der Waals surface area contributed by atoms with Gasteiger partial charge in [0.15, 0.2) is 0 Å². The number of carbonyl (C=O) groups is 1. The Kier molecular flexibility index (Phi) is 5.04. The summed E-state index contributed by atoms with van der Waals surface area (Å²) in [6.45, 7) is 1.10. The van der Waals surface area contributed by atoms with E-state index in [4.69, 9.17) is 4.74 Å². The summed E-state index contributed by atoms with van der Waals surface area (Å²) in [5, 5.41) is 2.99. The van der Waals surface area contributed by atoms with Crippen molar-refractivity contribution in [3.8, 4) is 11.1 Å². The van der Waals surface area contributed by atoms with Crippen LogP contribution < -0.4 is 5.32 Å². The molecule has 2 atom stereocenters. The Morgan fingerprint density at radius 3 is 2.21 bits per heavy atom. The van der Waals surface area contributed by atoms with Crippen LogP contribution in [0, 0.1) is 5.92 Å². The number of carbonyl (C=O) groups excluding carboxylic acids is 1. The molecule has 2 aliphatic heterocycles. The molecule has 4 heteroatoms. The third kappa shape index (κ3) is 3.55. The molecule has 0 saturated carbocycles. The molecule has 1 amide bonds. The summed E-state index contributed by atoms with van der Waals surface area (Å²) >= 11 is 0. The molecule has 1 N–H and O–H groups in total. The Morgan fingerprint density at radius 1 is 1.00 bits per heavy atom. The van der Waals surface area contributed by atoms with E-state index in [1.54, 1.807) is 0 Å². The van der Waals surface area contributed by atoms with E-state index in [1.807, 2.05) is 0 Å². The molecule has 3 aliphatic rings. The number of amides is 1. The predicted octanol–water partition coefficient (Wildman–Crippen LogP) is 4.79. The van der Waals surface area contributed by atoms with Gasteiger partial charge in [-0.15, -0.1) is 0 Å². The second-order valence-electron chi connectivity index (χ2n) is 8.93. The van der Waals surface area contributed by atoms with E-state index in [9.17, 15) is 4.79 Å². The number of rotatable bonds is 5. The molecule has 152 valence electrons. The second-order valence-corrected chi connectivity index (χ2v) is 8.93. The SMILES string of the molecule is CN1C2CCC1CC(CCNC(=O)OCC1c3ccccc3-c3ccccc31)C2. The molecular weight excluding hydrogens is 360 g/mol. The highest BCUT2D eigenvalue weighted by Gasteiger charge is 2.38. The van der Waals surface area contributed by atoms with Crippen LogP contribution in [0.15, 0.2) is 48.5 Å². The molecule has 2 saturated heterocycles. The first-order valence-corrected chi connectivity index (χ1v) is 11.0. The van der Waals surface area contributed by atoms with Gasteiger partial charge in [0.05, 0.1) is 0 Å². The lowest BCUT2D eigenvalue weighted by molar-refractivity contribution is 0.125. The monoisotopic (exact) mass is 390 g/mol. The molecule has 2 fully saturated rings. The molecule has 0 radical (unpaired) electrons. The molecule has 0 aromatic heterocycles. The number of nitrogens with zero attached hydrogens (tertiary/aromatic N) is 1. The quantitative estimate of drug-likeness (QED) is 0.798. The predicted molar refractivity (Wildman–Crippen MR) is 115 cm³/mol. The third-order valence-electron chi connectivity index (χ3n) is 7.36. The van der Waals surface area contributed by atoms with Crippen molar-refractivity contribution in [2.24, 2.45) is 5.92 Å². The fourth-order valence-corrected chi connectivity index (χ4v) is 5.79. The summed E-state index contributed by atoms with van der Waals surface area (Å²) in [5.74, 6) is 0.857. The van der Waals surface area contributed by atoms with Gasteiger partial charge in [0.1, 0.15) is 6.61 Å². The van der Waals surface area contributed by atoms with Crippen molar-refractivity contribution < 1.29 is 9.53 Å². The first-order valence-electron chi connectivity index (χ1n) is 11.0. The highest BCUT2D eigenvalue weighted by atomic mass is 16.5. The summed E-state index contributed by atoms with van der Waals surface area (Å²) in [7, 11) is 2.27. The average molecular weight is 391 g/mol. The zero-order valence-corrected chi connectivity index (χ0v) is 17.1. The Labute approximate surface area is 173 Å². The van der Waals surface area contributed by atoms with E-state index >= 15 is 0 Å². The van der Waals surface area contributed by atoms with Gasteiger partial charge in [-0.05, 0) is 67.3 Å². The van der Waals surface area contributed by atoms with E-state index in [2.05, 4.69) is 65.8 Å². The molecule has 2 aromatic carbocycles. The molecule has 1 aliphatic carbocycles. The number of benzene rings is 2. The number of hydrogen-bond acceptors (Lipinski definition) is 3. The molecule has 2 aromatic rings. The maximum Gasteiger partial charge on any atom is 0.407 e. The van der Waals surface area contributed by atoms with Crippen molar-refractivity contribution >= 4 is 6.09 Å². The largest absolute Gasteiger partial charge is 0.449 e. The van der Waals surface area contributed by atoms with E-state index in [0.29, 0.717) is 13.2 Å². The van der Waals surface area contributed by atoms with Crippen molar-refractivity contribution in [3.63, 3.8) is 0 Å². The Hall–Kier alpha value is -2.33. The van der Waals surface area contributed by atoms with Crippen LogP contribution in [-0.4, -0.2) is 43.3 Å². The van der Waals surface area contributed by atoms with Crippen molar-refractivity contribution in [2.45, 2.75) is 50.1 Å². The normalized spacial score (nSPS) is 25.5. The summed E-state index contributed by atoms with van der Waals surface area (Å²) < 4.78 is 5.64. The number of piperidine rings is 1. The van der Waals surface area contributed by atoms with E-state index in [0.717, 1.165) is 24.4 Å². The van der Waals surface area contributed by atoms with Crippen LogP contribution in [0.25, 0.3) is 11.1 Å². The Bertz CT molecular complexity index is 836. The fraction of sp³-hybridized carbons (Fsp3) is 0.480. The molecule has 2 bridgehead atoms. The van der Waals surface area contributed by atoms with Gasteiger partial charge in [-0.1, -0.05) is 48.5 Å². The van der Waals surface area contributed by atoms with Crippen molar-refractivity contribution in [1.82, 2.24) is 10.2 Å². The van der Waals surface area contributed by atoms with Crippen molar-refractivity contribution in [1.29, 1.82) is 0 Å². The standard InChI is InChI=1S/C25H30N2O2/c1-27-18-10-11-19(27)15-17(14-18)12-13-26-25(28)29-16-24-22-8-4-2-6-20(22)21-7-3-5-9-23(21)24/h2-9,17-19,24H,10-16H2,1H3,(H,26,28). The molecule has 29 heavy (non-hydrogen) atoms. The highest BCUT2D eigenvalue weighted by Crippen LogP contribution is 2.44. The van der Waals surface area contributed by atoms with Gasteiger partial charge in [-0.3, -0.25) is 0 Å². The van der Waals surface area contributed by atoms with Gasteiger partial charge in [-0.25, -0.2) is 4.79 Å². The van der Waals surface area contributed by atoms with E-state index < -0.39 is 0 Å². The maximum atomic E-state index is 12.3. The fourth-order valence-electron chi connectivity index (χ4n) is 5.79. The lowest BCUT2D eigenvalue weighted by Gasteiger charge is -2.36. The van der Waals surface area contributed by atoms with Crippen LogP contribution in [0.4, 0.5) is 4.79 Å². The van der Waals surface area contributed by atoms with Gasteiger partial charge in [0.25, 0.3) is 0 Å². The van der Waals surface area contributed by atoms with Crippen LogP contribution in [0.1, 0.15) is 49.1 Å². The molecular formula is C25H30N2O2. The third-order valence-corrected chi connectivity index (χ3v) is 7.36. The number of alkyl carbamates (subject to hydrolysis) is 1. The average Bonchev–Trinajstić information content (AvgIpc) is 3.14. The van der Waals surface area contributed by atoms with E-state index in [1.165, 1.54) is 47.9 Å². The van der Waals surface area contributed by atoms with Crippen LogP contribution >= 0.6 is 0 Å². The molecule has 0 spiro atoms. The van der Waals surface area contributed by atoms with Crippen molar-refractivity contribution in [3.05, 3.63) is 59.7 Å². The maximum absolute atomic E-state index is 12.3. The topological polar surface area (TPSA) is 41.6 Å². The molecule has 4 nitrogen and oxygen atoms in total. The van der Waals surface area contributed by atoms with Crippen LogP contribution in [0.5, 0.6) is 0 Å². The lowest BCUT2D eigenvalue weighted by atomic mass is 9.88. The van der Waals surface area contributed by atoms with Crippen LogP contribution in [0.2, 0.25) is 0 Å². The molecule has 5 rings (SSSR count). The number of fused-ring (bicyclic) bond motifs is 5. The smallest absolute Gasteiger partial charge is 0.407 e. The minimum absolute atomic E-state index is 0.123. The number of ether oxygens (including phenoxy) is 1. The number of hydrogen-bond donors (Lipinski definition) is 1. The van der Waals surface area contributed by atoms with Gasteiger partial charge in [0, 0.05) is 24.5 Å². The van der Waals surface area contributed by atoms with Gasteiger partial charge < -0.3 is 15.0 Å². The summed E-state index contributed by atoms with van der Waals surface area (Å²) in [4.78, 5) is 14.9. The summed E-state index contributed by atoms with van der Waals surface area (Å²) in [6, 6.07) is 18.4. The molecule has 2 heterocycles. The summed E-state index contributed by atoms with van der Waals surface area (Å²) in [5.41, 5.74) is 5.02. The first-order chi connectivity index (χ1) is 14.2. The second kappa shape index (κ2) is 7.83. The molecule has 2 unspecified atom stereocenters. The highest BCUT2D eigenvalue weighted by molar-refractivity contribution is 5.79. The number of nitrogens with one attached hydrogen (secondary N) is 1. The van der Waals surface area contributed by atoms with Gasteiger partial charge in [0.2, 0.25) is 0 Å².